The van der Waals surface area contributed by atoms with Gasteiger partial charge in [-0.25, -0.2) is 0 Å². The highest BCUT2D eigenvalue weighted by Crippen LogP contribution is 2.26. The summed E-state index contributed by atoms with van der Waals surface area (Å²) in [6.07, 6.45) is 4.19. The molecular weight excluding hydrogens is 272 g/mol. The van der Waals surface area contributed by atoms with E-state index >= 15 is 0 Å². The maximum atomic E-state index is 12.2. The molecule has 0 fully saturated rings. The number of hydrogen-bond donors (Lipinski definition) is 2. The molecular formula is C15H15N2O4-. The standard InChI is InChI=1S/C15H16N2O4/c16-13(18)9-5-7-10(8-6-9)17-14(19)11-3-1-2-4-12(11)15(20)21/h1-2,5-8,11-12H,3-4H2,(H2,16,18)(H,17,19)(H,20,21)/p-1/t11-,12+/m1/s1. The molecule has 2 amide bonds. The van der Waals surface area contributed by atoms with Crippen LogP contribution in [-0.4, -0.2) is 17.8 Å². The molecule has 0 bridgehead atoms. The van der Waals surface area contributed by atoms with Gasteiger partial charge in [0.25, 0.3) is 0 Å². The molecule has 0 spiro atoms. The van der Waals surface area contributed by atoms with Crippen molar-refractivity contribution >= 4 is 23.5 Å². The number of carboxylic acid groups (broad SMARTS) is 1. The van der Waals surface area contributed by atoms with Crippen LogP contribution in [-0.2, 0) is 9.59 Å². The van der Waals surface area contributed by atoms with Gasteiger partial charge < -0.3 is 21.0 Å². The molecule has 6 heteroatoms. The number of rotatable bonds is 4. The van der Waals surface area contributed by atoms with Crippen LogP contribution in [0.3, 0.4) is 0 Å². The summed E-state index contributed by atoms with van der Waals surface area (Å²) < 4.78 is 0. The Hall–Kier alpha value is -2.63. The van der Waals surface area contributed by atoms with E-state index in [9.17, 15) is 19.5 Å². The maximum Gasteiger partial charge on any atom is 0.248 e. The number of carbonyl (C=O) groups excluding carboxylic acids is 3. The lowest BCUT2D eigenvalue weighted by atomic mass is 9.82. The fraction of sp³-hybridized carbons (Fsp3) is 0.267. The fourth-order valence-electron chi connectivity index (χ4n) is 2.32. The van der Waals surface area contributed by atoms with Gasteiger partial charge in [-0.1, -0.05) is 12.2 Å². The number of allylic oxidation sites excluding steroid dienone is 2. The van der Waals surface area contributed by atoms with Crippen LogP contribution >= 0.6 is 0 Å². The maximum absolute atomic E-state index is 12.2. The van der Waals surface area contributed by atoms with E-state index in [1.54, 1.807) is 24.3 Å². The SMILES string of the molecule is NC(=O)c1ccc(NC(=O)[C@@H]2CC=CC[C@@H]2C(=O)[O-])cc1. The van der Waals surface area contributed by atoms with Crippen LogP contribution in [0.4, 0.5) is 5.69 Å². The van der Waals surface area contributed by atoms with Crippen molar-refractivity contribution in [2.75, 3.05) is 5.32 Å². The van der Waals surface area contributed by atoms with Gasteiger partial charge in [0.1, 0.15) is 0 Å². The van der Waals surface area contributed by atoms with E-state index in [1.165, 1.54) is 12.1 Å². The van der Waals surface area contributed by atoms with Crippen molar-refractivity contribution in [3.05, 3.63) is 42.0 Å². The molecule has 3 N–H and O–H groups in total. The molecule has 0 heterocycles. The molecule has 1 aliphatic carbocycles. The summed E-state index contributed by atoms with van der Waals surface area (Å²) >= 11 is 0. The van der Waals surface area contributed by atoms with Crippen molar-refractivity contribution in [3.8, 4) is 0 Å². The zero-order chi connectivity index (χ0) is 15.4. The first-order valence-electron chi connectivity index (χ1n) is 6.55. The summed E-state index contributed by atoms with van der Waals surface area (Å²) in [5.74, 6) is -3.62. The highest BCUT2D eigenvalue weighted by Gasteiger charge is 2.29. The molecule has 0 saturated carbocycles. The first-order chi connectivity index (χ1) is 9.99. The predicted molar refractivity (Wildman–Crippen MR) is 74.0 cm³/mol. The molecule has 110 valence electrons. The topological polar surface area (TPSA) is 112 Å². The van der Waals surface area contributed by atoms with Crippen molar-refractivity contribution in [2.45, 2.75) is 12.8 Å². The van der Waals surface area contributed by atoms with Gasteiger partial charge in [0.05, 0.1) is 5.92 Å². The van der Waals surface area contributed by atoms with Gasteiger partial charge in [-0.05, 0) is 37.1 Å². The van der Waals surface area contributed by atoms with Gasteiger partial charge >= 0.3 is 0 Å². The molecule has 0 aliphatic heterocycles. The van der Waals surface area contributed by atoms with Crippen LogP contribution in [0.25, 0.3) is 0 Å². The van der Waals surface area contributed by atoms with Gasteiger partial charge in [-0.2, -0.15) is 0 Å². The zero-order valence-corrected chi connectivity index (χ0v) is 11.2. The monoisotopic (exact) mass is 287 g/mol. The Balaban J connectivity index is 2.08. The Morgan fingerprint density at radius 2 is 1.62 bits per heavy atom. The number of anilines is 1. The van der Waals surface area contributed by atoms with Gasteiger partial charge in [0.2, 0.25) is 11.8 Å². The second-order valence-electron chi connectivity index (χ2n) is 4.91. The number of amides is 2. The minimum atomic E-state index is -1.22. The van der Waals surface area contributed by atoms with Gasteiger partial charge in [-0.3, -0.25) is 9.59 Å². The highest BCUT2D eigenvalue weighted by molar-refractivity contribution is 5.96. The van der Waals surface area contributed by atoms with E-state index in [4.69, 9.17) is 5.73 Å². The number of nitrogens with two attached hydrogens (primary N) is 1. The van der Waals surface area contributed by atoms with E-state index in [-0.39, 0.29) is 5.91 Å². The average molecular weight is 287 g/mol. The molecule has 1 aliphatic rings. The van der Waals surface area contributed by atoms with Crippen LogP contribution in [0, 0.1) is 11.8 Å². The van der Waals surface area contributed by atoms with Crippen molar-refractivity contribution < 1.29 is 19.5 Å². The molecule has 2 rings (SSSR count). The Kier molecular flexibility index (Phi) is 4.37. The van der Waals surface area contributed by atoms with Gasteiger partial charge in [-0.15, -0.1) is 0 Å². The minimum absolute atomic E-state index is 0.293. The first kappa shape index (κ1) is 14.8. The lowest BCUT2D eigenvalue weighted by molar-refractivity contribution is -0.313. The second-order valence-corrected chi connectivity index (χ2v) is 4.91. The molecule has 6 nitrogen and oxygen atoms in total. The van der Waals surface area contributed by atoms with Crippen molar-refractivity contribution in [2.24, 2.45) is 17.6 Å². The van der Waals surface area contributed by atoms with E-state index in [2.05, 4.69) is 5.32 Å². The summed E-state index contributed by atoms with van der Waals surface area (Å²) in [5.41, 5.74) is 5.94. The highest BCUT2D eigenvalue weighted by atomic mass is 16.4. The average Bonchev–Trinajstić information content (AvgIpc) is 2.47. The third kappa shape index (κ3) is 3.47. The van der Waals surface area contributed by atoms with E-state index in [0.29, 0.717) is 24.1 Å². The Morgan fingerprint density at radius 3 is 2.14 bits per heavy atom. The van der Waals surface area contributed by atoms with Crippen LogP contribution in [0.5, 0.6) is 0 Å². The number of nitrogens with one attached hydrogen (secondary N) is 1. The lowest BCUT2D eigenvalue weighted by Crippen LogP contribution is -2.41. The molecule has 0 saturated heterocycles. The molecule has 1 aromatic carbocycles. The normalized spacial score (nSPS) is 20.8. The zero-order valence-electron chi connectivity index (χ0n) is 11.2. The molecule has 0 aromatic heterocycles. The number of carbonyl (C=O) groups is 3. The lowest BCUT2D eigenvalue weighted by Gasteiger charge is -2.28. The van der Waals surface area contributed by atoms with Crippen LogP contribution in [0.2, 0.25) is 0 Å². The Morgan fingerprint density at radius 1 is 1.05 bits per heavy atom. The molecule has 0 radical (unpaired) electrons. The molecule has 21 heavy (non-hydrogen) atoms. The number of carboxylic acids is 1. The molecule has 2 atom stereocenters. The van der Waals surface area contributed by atoms with Crippen LogP contribution < -0.4 is 16.2 Å². The van der Waals surface area contributed by atoms with Crippen LogP contribution in [0.1, 0.15) is 23.2 Å². The van der Waals surface area contributed by atoms with Gasteiger partial charge in [0.15, 0.2) is 0 Å². The summed E-state index contributed by atoms with van der Waals surface area (Å²) in [6.45, 7) is 0. The third-order valence-corrected chi connectivity index (χ3v) is 3.51. The van der Waals surface area contributed by atoms with Crippen LogP contribution in [0.15, 0.2) is 36.4 Å². The minimum Gasteiger partial charge on any atom is -0.550 e. The number of primary amides is 1. The summed E-state index contributed by atoms with van der Waals surface area (Å²) in [5, 5.41) is 13.7. The number of benzene rings is 1. The van der Waals surface area contributed by atoms with Crippen molar-refractivity contribution in [1.29, 1.82) is 0 Å². The first-order valence-corrected chi connectivity index (χ1v) is 6.55. The third-order valence-electron chi connectivity index (χ3n) is 3.51. The molecule has 1 aromatic rings. The summed E-state index contributed by atoms with van der Waals surface area (Å²) in [6, 6.07) is 6.08. The predicted octanol–water partition coefficient (Wildman–Crippen LogP) is 0.0563. The largest absolute Gasteiger partial charge is 0.550 e. The summed E-state index contributed by atoms with van der Waals surface area (Å²) in [7, 11) is 0. The Bertz CT molecular complexity index is 592. The number of aliphatic carboxylic acids is 1. The Labute approximate surface area is 121 Å². The van der Waals surface area contributed by atoms with E-state index < -0.39 is 23.7 Å². The quantitative estimate of drug-likeness (QED) is 0.762. The summed E-state index contributed by atoms with van der Waals surface area (Å²) in [4.78, 5) is 34.2. The van der Waals surface area contributed by atoms with Crippen molar-refractivity contribution in [3.63, 3.8) is 0 Å². The fourth-order valence-corrected chi connectivity index (χ4v) is 2.32. The van der Waals surface area contributed by atoms with E-state index in [1.807, 2.05) is 0 Å². The molecule has 0 unspecified atom stereocenters. The smallest absolute Gasteiger partial charge is 0.248 e. The number of hydrogen-bond acceptors (Lipinski definition) is 4. The van der Waals surface area contributed by atoms with Gasteiger partial charge in [0, 0.05) is 23.1 Å². The second kappa shape index (κ2) is 6.21. The van der Waals surface area contributed by atoms with E-state index in [0.717, 1.165) is 0 Å². The van der Waals surface area contributed by atoms with Crippen molar-refractivity contribution in [1.82, 2.24) is 0 Å².